The molecule has 1 amide bonds. The van der Waals surface area contributed by atoms with Crippen molar-refractivity contribution in [1.82, 2.24) is 9.80 Å². The van der Waals surface area contributed by atoms with Crippen LogP contribution in [0, 0.1) is 0 Å². The van der Waals surface area contributed by atoms with E-state index in [2.05, 4.69) is 4.90 Å². The Morgan fingerprint density at radius 3 is 2.26 bits per heavy atom. The van der Waals surface area contributed by atoms with Crippen LogP contribution in [-0.2, 0) is 4.74 Å². The van der Waals surface area contributed by atoms with Gasteiger partial charge in [-0.1, -0.05) is 0 Å². The summed E-state index contributed by atoms with van der Waals surface area (Å²) in [6.45, 7) is 8.71. The average Bonchev–Trinajstić information content (AvgIpc) is 2.73. The topological polar surface area (TPSA) is 53.0 Å². The van der Waals surface area contributed by atoms with E-state index in [1.807, 2.05) is 20.8 Å². The molecule has 2 atom stereocenters. The summed E-state index contributed by atoms with van der Waals surface area (Å²) in [7, 11) is 0. The van der Waals surface area contributed by atoms with Gasteiger partial charge in [-0.15, -0.1) is 0 Å². The smallest absolute Gasteiger partial charge is 0.410 e. The van der Waals surface area contributed by atoms with Gasteiger partial charge in [0.25, 0.3) is 0 Å². The minimum Gasteiger partial charge on any atom is -0.444 e. The number of ether oxygens (including phenoxy) is 1. The van der Waals surface area contributed by atoms with Crippen LogP contribution < -0.4 is 0 Å². The fraction of sp³-hybridized carbons (Fsp3) is 0.929. The third kappa shape index (κ3) is 3.83. The zero-order valence-corrected chi connectivity index (χ0v) is 12.3. The quantitative estimate of drug-likeness (QED) is 0.783. The fourth-order valence-electron chi connectivity index (χ4n) is 2.91. The van der Waals surface area contributed by atoms with E-state index in [1.165, 1.54) is 0 Å². The van der Waals surface area contributed by atoms with E-state index in [9.17, 15) is 9.90 Å². The van der Waals surface area contributed by atoms with Gasteiger partial charge in [0.2, 0.25) is 0 Å². The lowest BCUT2D eigenvalue weighted by atomic mass is 10.1. The second-order valence-electron chi connectivity index (χ2n) is 6.57. The zero-order valence-electron chi connectivity index (χ0n) is 12.3. The van der Waals surface area contributed by atoms with E-state index in [4.69, 9.17) is 4.74 Å². The van der Waals surface area contributed by atoms with Crippen LogP contribution in [0.2, 0.25) is 0 Å². The number of hydrogen-bond acceptors (Lipinski definition) is 4. The van der Waals surface area contributed by atoms with Crippen molar-refractivity contribution in [3.05, 3.63) is 0 Å². The third-order valence-electron chi connectivity index (χ3n) is 3.88. The van der Waals surface area contributed by atoms with Crippen LogP contribution in [0.15, 0.2) is 0 Å². The summed E-state index contributed by atoms with van der Waals surface area (Å²) in [5.74, 6) is 0. The van der Waals surface area contributed by atoms with Crippen LogP contribution in [0.3, 0.4) is 0 Å². The molecule has 0 aromatic rings. The molecule has 1 saturated carbocycles. The first kappa shape index (κ1) is 14.6. The summed E-state index contributed by atoms with van der Waals surface area (Å²) in [5, 5.41) is 9.92. The van der Waals surface area contributed by atoms with Crippen molar-refractivity contribution in [2.75, 3.05) is 26.2 Å². The lowest BCUT2D eigenvalue weighted by Crippen LogP contribution is -2.54. The van der Waals surface area contributed by atoms with Gasteiger partial charge in [-0.2, -0.15) is 0 Å². The Hall–Kier alpha value is -0.810. The van der Waals surface area contributed by atoms with Crippen LogP contribution in [0.4, 0.5) is 4.79 Å². The molecule has 1 aliphatic carbocycles. The summed E-state index contributed by atoms with van der Waals surface area (Å²) in [5.41, 5.74) is -0.435. The Bertz CT molecular complexity index is 319. The highest BCUT2D eigenvalue weighted by atomic mass is 16.6. The van der Waals surface area contributed by atoms with Crippen molar-refractivity contribution in [2.24, 2.45) is 0 Å². The second kappa shape index (κ2) is 5.67. The van der Waals surface area contributed by atoms with Gasteiger partial charge < -0.3 is 14.7 Å². The van der Waals surface area contributed by atoms with Gasteiger partial charge in [-0.05, 0) is 40.0 Å². The van der Waals surface area contributed by atoms with Gasteiger partial charge in [0.15, 0.2) is 0 Å². The number of piperazine rings is 1. The highest BCUT2D eigenvalue weighted by molar-refractivity contribution is 5.68. The van der Waals surface area contributed by atoms with E-state index in [1.54, 1.807) is 4.90 Å². The molecule has 5 nitrogen and oxygen atoms in total. The fourth-order valence-corrected chi connectivity index (χ4v) is 2.91. The molecule has 1 aliphatic heterocycles. The lowest BCUT2D eigenvalue weighted by Gasteiger charge is -2.39. The second-order valence-corrected chi connectivity index (χ2v) is 6.57. The molecule has 1 N–H and O–H groups in total. The molecule has 0 spiro atoms. The third-order valence-corrected chi connectivity index (χ3v) is 3.88. The molecule has 5 heteroatoms. The molecule has 19 heavy (non-hydrogen) atoms. The Morgan fingerprint density at radius 1 is 1.16 bits per heavy atom. The van der Waals surface area contributed by atoms with E-state index >= 15 is 0 Å². The van der Waals surface area contributed by atoms with Gasteiger partial charge >= 0.3 is 6.09 Å². The van der Waals surface area contributed by atoms with Gasteiger partial charge in [0.1, 0.15) is 5.60 Å². The predicted molar refractivity (Wildman–Crippen MR) is 73.0 cm³/mol. The Morgan fingerprint density at radius 2 is 1.79 bits per heavy atom. The monoisotopic (exact) mass is 270 g/mol. The first-order valence-electron chi connectivity index (χ1n) is 7.27. The number of aliphatic hydroxyl groups excluding tert-OH is 1. The maximum atomic E-state index is 11.9. The molecule has 2 rings (SSSR count). The number of amides is 1. The number of aliphatic hydroxyl groups is 1. The number of hydrogen-bond donors (Lipinski definition) is 1. The summed E-state index contributed by atoms with van der Waals surface area (Å²) in [6, 6.07) is 0.292. The van der Waals surface area contributed by atoms with E-state index in [0.29, 0.717) is 19.1 Å². The Labute approximate surface area is 115 Å². The van der Waals surface area contributed by atoms with Crippen molar-refractivity contribution in [3.63, 3.8) is 0 Å². The molecule has 1 heterocycles. The van der Waals surface area contributed by atoms with Crippen LogP contribution >= 0.6 is 0 Å². The number of nitrogens with zero attached hydrogens (tertiary/aromatic N) is 2. The van der Waals surface area contributed by atoms with Gasteiger partial charge in [-0.3, -0.25) is 4.90 Å². The maximum Gasteiger partial charge on any atom is 0.410 e. The largest absolute Gasteiger partial charge is 0.444 e. The van der Waals surface area contributed by atoms with E-state index in [-0.39, 0.29) is 12.2 Å². The summed E-state index contributed by atoms with van der Waals surface area (Å²) in [4.78, 5) is 16.0. The van der Waals surface area contributed by atoms with Crippen LogP contribution in [0.1, 0.15) is 40.0 Å². The minimum absolute atomic E-state index is 0.187. The summed E-state index contributed by atoms with van der Waals surface area (Å²) in [6.07, 6.45) is 2.69. The first-order valence-corrected chi connectivity index (χ1v) is 7.27. The predicted octanol–water partition coefficient (Wildman–Crippen LogP) is 1.45. The van der Waals surface area contributed by atoms with Gasteiger partial charge in [-0.25, -0.2) is 4.79 Å². The van der Waals surface area contributed by atoms with Crippen LogP contribution in [0.5, 0.6) is 0 Å². The maximum absolute atomic E-state index is 11.9. The zero-order chi connectivity index (χ0) is 14.0. The van der Waals surface area contributed by atoms with Crippen LogP contribution in [0.25, 0.3) is 0 Å². The molecule has 0 bridgehead atoms. The van der Waals surface area contributed by atoms with E-state index < -0.39 is 5.60 Å². The first-order chi connectivity index (χ1) is 8.87. The SMILES string of the molecule is CC(C)(C)OC(=O)N1CCN(C2CCCC2O)CC1. The van der Waals surface area contributed by atoms with Crippen molar-refractivity contribution >= 4 is 6.09 Å². The number of carbonyl (C=O) groups is 1. The Balaban J connectivity index is 1.80. The molecule has 0 aromatic carbocycles. The van der Waals surface area contributed by atoms with Crippen molar-refractivity contribution in [3.8, 4) is 0 Å². The summed E-state index contributed by atoms with van der Waals surface area (Å²) >= 11 is 0. The molecule has 1 saturated heterocycles. The summed E-state index contributed by atoms with van der Waals surface area (Å²) < 4.78 is 5.38. The van der Waals surface area contributed by atoms with Gasteiger partial charge in [0, 0.05) is 32.2 Å². The standard InChI is InChI=1S/C14H26N2O3/c1-14(2,3)19-13(18)16-9-7-15(8-10-16)11-5-4-6-12(11)17/h11-12,17H,4-10H2,1-3H3. The molecule has 0 aromatic heterocycles. The molecule has 110 valence electrons. The minimum atomic E-state index is -0.435. The highest BCUT2D eigenvalue weighted by Gasteiger charge is 2.34. The lowest BCUT2D eigenvalue weighted by molar-refractivity contribution is 0.000914. The molecule has 2 aliphatic rings. The van der Waals surface area contributed by atoms with Crippen molar-refractivity contribution in [2.45, 2.75) is 57.8 Å². The highest BCUT2D eigenvalue weighted by Crippen LogP contribution is 2.25. The molecular formula is C14H26N2O3. The number of carbonyl (C=O) groups excluding carboxylic acids is 1. The molecular weight excluding hydrogens is 244 g/mol. The normalized spacial score (nSPS) is 29.6. The molecule has 0 radical (unpaired) electrons. The average molecular weight is 270 g/mol. The molecule has 2 unspecified atom stereocenters. The van der Waals surface area contributed by atoms with Crippen molar-refractivity contribution in [1.29, 1.82) is 0 Å². The number of rotatable bonds is 1. The van der Waals surface area contributed by atoms with Crippen molar-refractivity contribution < 1.29 is 14.6 Å². The van der Waals surface area contributed by atoms with Crippen LogP contribution in [-0.4, -0.2) is 64.9 Å². The Kier molecular flexibility index (Phi) is 4.36. The van der Waals surface area contributed by atoms with Gasteiger partial charge in [0.05, 0.1) is 6.10 Å². The molecule has 2 fully saturated rings. The van der Waals surface area contributed by atoms with E-state index in [0.717, 1.165) is 32.4 Å².